The van der Waals surface area contributed by atoms with Gasteiger partial charge in [-0.15, -0.1) is 0 Å². The van der Waals surface area contributed by atoms with Crippen molar-refractivity contribution >= 4 is 11.9 Å². The summed E-state index contributed by atoms with van der Waals surface area (Å²) in [4.78, 5) is 26.5. The summed E-state index contributed by atoms with van der Waals surface area (Å²) in [6, 6.07) is 0.168. The molecule has 0 aromatic carbocycles. The molecule has 0 bridgehead atoms. The van der Waals surface area contributed by atoms with Gasteiger partial charge in [-0.3, -0.25) is 4.79 Å². The molecule has 0 spiro atoms. The van der Waals surface area contributed by atoms with Gasteiger partial charge in [0.05, 0.1) is 6.04 Å². The highest BCUT2D eigenvalue weighted by Crippen LogP contribution is 2.11. The molecule has 1 fully saturated rings. The van der Waals surface area contributed by atoms with Gasteiger partial charge in [-0.05, 0) is 6.92 Å². The zero-order valence-corrected chi connectivity index (χ0v) is 10.5. The van der Waals surface area contributed by atoms with Crippen LogP contribution in [0.4, 0.5) is 4.79 Å². The number of carbonyl (C=O) groups excluding carboxylic acids is 2. The average molecular weight is 227 g/mol. The first-order valence-corrected chi connectivity index (χ1v) is 5.76. The number of likely N-dealkylation sites (tertiary alicyclic amines) is 1. The second-order valence-electron chi connectivity index (χ2n) is 4.56. The highest BCUT2D eigenvalue weighted by Gasteiger charge is 2.33. The Kier molecular flexibility index (Phi) is 4.15. The maximum Gasteiger partial charge on any atom is 0.319 e. The molecule has 5 heteroatoms. The lowest BCUT2D eigenvalue weighted by molar-refractivity contribution is -0.125. The highest BCUT2D eigenvalue weighted by atomic mass is 16.2. The van der Waals surface area contributed by atoms with Gasteiger partial charge in [0, 0.05) is 32.6 Å². The molecule has 1 aliphatic rings. The molecule has 0 aliphatic carbocycles. The summed E-state index contributed by atoms with van der Waals surface area (Å²) in [5, 5.41) is 2.91. The molecular formula is C11H21N3O2. The fourth-order valence-corrected chi connectivity index (χ4v) is 1.47. The molecule has 0 aromatic rings. The molecule has 16 heavy (non-hydrogen) atoms. The van der Waals surface area contributed by atoms with Gasteiger partial charge in [0.15, 0.2) is 0 Å². The summed E-state index contributed by atoms with van der Waals surface area (Å²) < 4.78 is 0. The van der Waals surface area contributed by atoms with E-state index in [2.05, 4.69) is 5.32 Å². The number of hydrogen-bond donors (Lipinski definition) is 1. The standard InChI is InChI=1S/C11H21N3O2/c1-5-13(4)11(16)14-6-9(7-14)12-10(15)8(2)3/h8-9H,5-7H2,1-4H3,(H,12,15). The van der Waals surface area contributed by atoms with Crippen molar-refractivity contribution in [2.45, 2.75) is 26.8 Å². The van der Waals surface area contributed by atoms with Gasteiger partial charge in [0.25, 0.3) is 0 Å². The molecule has 1 heterocycles. The number of nitrogens with one attached hydrogen (secondary N) is 1. The van der Waals surface area contributed by atoms with Crippen molar-refractivity contribution in [1.82, 2.24) is 15.1 Å². The van der Waals surface area contributed by atoms with Crippen LogP contribution in [0.1, 0.15) is 20.8 Å². The zero-order chi connectivity index (χ0) is 12.3. The van der Waals surface area contributed by atoms with E-state index in [0.717, 1.165) is 0 Å². The van der Waals surface area contributed by atoms with Crippen molar-refractivity contribution < 1.29 is 9.59 Å². The van der Waals surface area contributed by atoms with Crippen molar-refractivity contribution in [2.75, 3.05) is 26.7 Å². The Balaban J connectivity index is 2.28. The van der Waals surface area contributed by atoms with E-state index in [0.29, 0.717) is 19.6 Å². The lowest BCUT2D eigenvalue weighted by Gasteiger charge is -2.41. The molecule has 5 nitrogen and oxygen atoms in total. The second-order valence-corrected chi connectivity index (χ2v) is 4.56. The van der Waals surface area contributed by atoms with Gasteiger partial charge in [0.2, 0.25) is 5.91 Å². The van der Waals surface area contributed by atoms with E-state index >= 15 is 0 Å². The number of amides is 3. The Labute approximate surface area is 96.8 Å². The van der Waals surface area contributed by atoms with Gasteiger partial charge in [-0.25, -0.2) is 4.79 Å². The van der Waals surface area contributed by atoms with E-state index in [9.17, 15) is 9.59 Å². The molecule has 3 amide bonds. The number of hydrogen-bond acceptors (Lipinski definition) is 2. The van der Waals surface area contributed by atoms with Gasteiger partial charge < -0.3 is 15.1 Å². The molecule has 0 aromatic heterocycles. The van der Waals surface area contributed by atoms with Gasteiger partial charge in [0.1, 0.15) is 0 Å². The van der Waals surface area contributed by atoms with Gasteiger partial charge in [-0.2, -0.15) is 0 Å². The van der Waals surface area contributed by atoms with Crippen LogP contribution >= 0.6 is 0 Å². The molecule has 1 rings (SSSR count). The van der Waals surface area contributed by atoms with Gasteiger partial charge >= 0.3 is 6.03 Å². The molecular weight excluding hydrogens is 206 g/mol. The zero-order valence-electron chi connectivity index (χ0n) is 10.5. The number of rotatable bonds is 3. The van der Waals surface area contributed by atoms with E-state index in [-0.39, 0.29) is 23.9 Å². The smallest absolute Gasteiger partial charge is 0.319 e. The Morgan fingerprint density at radius 2 is 2.00 bits per heavy atom. The van der Waals surface area contributed by atoms with Gasteiger partial charge in [-0.1, -0.05) is 13.8 Å². The lowest BCUT2D eigenvalue weighted by atomic mass is 10.1. The van der Waals surface area contributed by atoms with Crippen LogP contribution in [0.2, 0.25) is 0 Å². The van der Waals surface area contributed by atoms with Crippen molar-refractivity contribution in [2.24, 2.45) is 5.92 Å². The summed E-state index contributed by atoms with van der Waals surface area (Å²) in [6.45, 7) is 7.63. The fraction of sp³-hybridized carbons (Fsp3) is 0.818. The fourth-order valence-electron chi connectivity index (χ4n) is 1.47. The van der Waals surface area contributed by atoms with Crippen LogP contribution in [0.25, 0.3) is 0 Å². The topological polar surface area (TPSA) is 52.7 Å². The van der Waals surface area contributed by atoms with E-state index in [4.69, 9.17) is 0 Å². The maximum atomic E-state index is 11.7. The van der Waals surface area contributed by atoms with Crippen molar-refractivity contribution in [3.05, 3.63) is 0 Å². The monoisotopic (exact) mass is 227 g/mol. The predicted molar refractivity (Wildman–Crippen MR) is 62.0 cm³/mol. The summed E-state index contributed by atoms with van der Waals surface area (Å²) in [7, 11) is 1.78. The molecule has 0 atom stereocenters. The Morgan fingerprint density at radius 3 is 2.44 bits per heavy atom. The lowest BCUT2D eigenvalue weighted by Crippen LogP contribution is -2.63. The first-order valence-electron chi connectivity index (χ1n) is 5.76. The molecule has 1 aliphatic heterocycles. The second kappa shape index (κ2) is 5.18. The van der Waals surface area contributed by atoms with Crippen molar-refractivity contribution in [1.29, 1.82) is 0 Å². The van der Waals surface area contributed by atoms with Crippen molar-refractivity contribution in [3.63, 3.8) is 0 Å². The normalized spacial score (nSPS) is 15.9. The maximum absolute atomic E-state index is 11.7. The molecule has 0 unspecified atom stereocenters. The number of nitrogens with zero attached hydrogens (tertiary/aromatic N) is 2. The molecule has 0 saturated carbocycles. The summed E-state index contributed by atoms with van der Waals surface area (Å²) in [6.07, 6.45) is 0. The van der Waals surface area contributed by atoms with Crippen molar-refractivity contribution in [3.8, 4) is 0 Å². The van der Waals surface area contributed by atoms with Crippen LogP contribution < -0.4 is 5.32 Å². The Hall–Kier alpha value is -1.26. The molecule has 0 radical (unpaired) electrons. The van der Waals surface area contributed by atoms with Crippen LogP contribution in [0.15, 0.2) is 0 Å². The summed E-state index contributed by atoms with van der Waals surface area (Å²) in [5.41, 5.74) is 0. The van der Waals surface area contributed by atoms with E-state index in [1.54, 1.807) is 16.8 Å². The first kappa shape index (κ1) is 12.8. The van der Waals surface area contributed by atoms with Crippen LogP contribution in [0, 0.1) is 5.92 Å². The van der Waals surface area contributed by atoms with Crippen LogP contribution in [0.5, 0.6) is 0 Å². The Morgan fingerprint density at radius 1 is 1.44 bits per heavy atom. The predicted octanol–water partition coefficient (Wildman–Crippen LogP) is 0.514. The van der Waals surface area contributed by atoms with Crippen LogP contribution in [-0.2, 0) is 4.79 Å². The minimum Gasteiger partial charge on any atom is -0.350 e. The molecule has 92 valence electrons. The van der Waals surface area contributed by atoms with Crippen LogP contribution in [0.3, 0.4) is 0 Å². The van der Waals surface area contributed by atoms with E-state index in [1.165, 1.54) is 0 Å². The average Bonchev–Trinajstić information content (AvgIpc) is 2.19. The molecule has 1 saturated heterocycles. The number of urea groups is 1. The third kappa shape index (κ3) is 2.87. The quantitative estimate of drug-likeness (QED) is 0.764. The number of carbonyl (C=O) groups is 2. The summed E-state index contributed by atoms with van der Waals surface area (Å²) in [5.74, 6) is 0.0593. The van der Waals surface area contributed by atoms with Crippen LogP contribution in [-0.4, -0.2) is 54.5 Å². The highest BCUT2D eigenvalue weighted by molar-refractivity contribution is 5.79. The minimum atomic E-state index is 0.00284. The SMILES string of the molecule is CCN(C)C(=O)N1CC(NC(=O)C(C)C)C1. The molecule has 1 N–H and O–H groups in total. The van der Waals surface area contributed by atoms with E-state index < -0.39 is 0 Å². The largest absolute Gasteiger partial charge is 0.350 e. The summed E-state index contributed by atoms with van der Waals surface area (Å²) >= 11 is 0. The first-order chi connectivity index (χ1) is 7.45. The third-order valence-corrected chi connectivity index (χ3v) is 2.82. The minimum absolute atomic E-state index is 0.00284. The third-order valence-electron chi connectivity index (χ3n) is 2.82. The Bertz CT molecular complexity index is 272. The van der Waals surface area contributed by atoms with E-state index in [1.807, 2.05) is 20.8 Å².